The van der Waals surface area contributed by atoms with Gasteiger partial charge in [0.1, 0.15) is 0 Å². The normalized spacial score (nSPS) is 11.8. The first-order valence-corrected chi connectivity index (χ1v) is 8.27. The summed E-state index contributed by atoms with van der Waals surface area (Å²) in [4.78, 5) is 12.7. The van der Waals surface area contributed by atoms with Gasteiger partial charge in [0.2, 0.25) is 0 Å². The predicted molar refractivity (Wildman–Crippen MR) is 92.8 cm³/mol. The molecule has 0 unspecified atom stereocenters. The van der Waals surface area contributed by atoms with Crippen LogP contribution in [0, 0.1) is 6.92 Å². The number of unbranched alkanes of at least 4 members (excludes halogenated alkanes) is 4. The van der Waals surface area contributed by atoms with E-state index in [1.54, 1.807) is 0 Å². The van der Waals surface area contributed by atoms with Gasteiger partial charge >= 0.3 is 0 Å². The van der Waals surface area contributed by atoms with Gasteiger partial charge in [-0.25, -0.2) is 4.68 Å². The number of aromatic nitrogens is 2. The Hall–Kier alpha value is -2.30. The molecule has 0 aliphatic heterocycles. The quantitative estimate of drug-likeness (QED) is 0.334. The molecule has 2 rings (SSSR count). The second-order valence-electron chi connectivity index (χ2n) is 5.80. The molecule has 2 N–H and O–H groups in total. The number of nitrogens with zero attached hydrogens (tertiary/aromatic N) is 2. The minimum absolute atomic E-state index is 0.171. The number of oxime groups is 1. The minimum atomic E-state index is -0.171. The maximum atomic E-state index is 12.7. The molecule has 0 aliphatic rings. The number of aryl methyl sites for hydroxylation is 1. The maximum absolute atomic E-state index is 12.7. The standard InChI is InChI=1S/C18H25N3O2/c1-3-4-5-6-10-13-16(20-23)17-14(2)19-21(18(17)22)15-11-8-7-9-12-15/h7-9,11-12,19,23H,3-6,10,13H2,1-2H3/b20-16+. The molecule has 0 atom stereocenters. The van der Waals surface area contributed by atoms with Gasteiger partial charge in [-0.1, -0.05) is 56.0 Å². The molecular weight excluding hydrogens is 290 g/mol. The Morgan fingerprint density at radius 3 is 2.52 bits per heavy atom. The molecule has 1 heterocycles. The van der Waals surface area contributed by atoms with Gasteiger partial charge in [-0.2, -0.15) is 0 Å². The third-order valence-corrected chi connectivity index (χ3v) is 4.01. The molecule has 2 aromatic rings. The molecule has 0 saturated carbocycles. The summed E-state index contributed by atoms with van der Waals surface area (Å²) in [5.74, 6) is 0. The van der Waals surface area contributed by atoms with E-state index in [9.17, 15) is 10.0 Å². The second kappa shape index (κ2) is 8.36. The van der Waals surface area contributed by atoms with Gasteiger partial charge < -0.3 is 5.21 Å². The Balaban J connectivity index is 2.18. The van der Waals surface area contributed by atoms with Crippen molar-refractivity contribution in [3.05, 3.63) is 51.9 Å². The summed E-state index contributed by atoms with van der Waals surface area (Å²) in [6.07, 6.45) is 6.21. The Morgan fingerprint density at radius 1 is 1.17 bits per heavy atom. The Morgan fingerprint density at radius 2 is 1.87 bits per heavy atom. The van der Waals surface area contributed by atoms with Crippen LogP contribution in [0.5, 0.6) is 0 Å². The number of nitrogens with one attached hydrogen (secondary N) is 1. The van der Waals surface area contributed by atoms with Gasteiger partial charge in [0.15, 0.2) is 0 Å². The first-order valence-electron chi connectivity index (χ1n) is 8.27. The smallest absolute Gasteiger partial charge is 0.280 e. The van der Waals surface area contributed by atoms with Gasteiger partial charge in [-0.15, -0.1) is 0 Å². The van der Waals surface area contributed by atoms with E-state index in [1.807, 2.05) is 37.3 Å². The van der Waals surface area contributed by atoms with Gasteiger partial charge in [-0.3, -0.25) is 9.89 Å². The summed E-state index contributed by atoms with van der Waals surface area (Å²) in [5.41, 5.74) is 2.27. The van der Waals surface area contributed by atoms with Gasteiger partial charge in [-0.05, 0) is 31.9 Å². The number of H-pyrrole nitrogens is 1. The van der Waals surface area contributed by atoms with Crippen LogP contribution in [0.2, 0.25) is 0 Å². The fraction of sp³-hybridized carbons (Fsp3) is 0.444. The van der Waals surface area contributed by atoms with Gasteiger partial charge in [0.05, 0.1) is 17.0 Å². The lowest BCUT2D eigenvalue weighted by Gasteiger charge is -2.03. The molecule has 1 aromatic carbocycles. The van der Waals surface area contributed by atoms with Crippen molar-refractivity contribution in [2.75, 3.05) is 0 Å². The van der Waals surface area contributed by atoms with Crippen LogP contribution in [-0.2, 0) is 0 Å². The van der Waals surface area contributed by atoms with Gasteiger partial charge in [0.25, 0.3) is 5.56 Å². The molecule has 0 spiro atoms. The second-order valence-corrected chi connectivity index (χ2v) is 5.80. The SMILES string of the molecule is CCCCCCC/C(=N\O)c1c(C)[nH]n(-c2ccccc2)c1=O. The van der Waals surface area contributed by atoms with Crippen molar-refractivity contribution in [2.24, 2.45) is 5.16 Å². The van der Waals surface area contributed by atoms with E-state index < -0.39 is 0 Å². The van der Waals surface area contributed by atoms with Crippen LogP contribution in [0.15, 0.2) is 40.3 Å². The Labute approximate surface area is 136 Å². The summed E-state index contributed by atoms with van der Waals surface area (Å²) >= 11 is 0. The van der Waals surface area contributed by atoms with Crippen LogP contribution >= 0.6 is 0 Å². The fourth-order valence-corrected chi connectivity index (χ4v) is 2.77. The lowest BCUT2D eigenvalue weighted by molar-refractivity contribution is 0.317. The molecule has 0 bridgehead atoms. The van der Waals surface area contributed by atoms with Crippen molar-refractivity contribution >= 4 is 5.71 Å². The van der Waals surface area contributed by atoms with Crippen molar-refractivity contribution in [3.63, 3.8) is 0 Å². The molecule has 0 fully saturated rings. The highest BCUT2D eigenvalue weighted by Crippen LogP contribution is 2.13. The predicted octanol–water partition coefficient (Wildman–Crippen LogP) is 4.01. The van der Waals surface area contributed by atoms with E-state index in [0.717, 1.165) is 24.2 Å². The molecule has 5 nitrogen and oxygen atoms in total. The highest BCUT2D eigenvalue weighted by Gasteiger charge is 2.18. The number of benzene rings is 1. The molecular formula is C18H25N3O2. The third-order valence-electron chi connectivity index (χ3n) is 4.01. The molecule has 0 aliphatic carbocycles. The van der Waals surface area contributed by atoms with Crippen LogP contribution in [0.25, 0.3) is 5.69 Å². The summed E-state index contributed by atoms with van der Waals surface area (Å²) in [7, 11) is 0. The number of para-hydroxylation sites is 1. The monoisotopic (exact) mass is 315 g/mol. The van der Waals surface area contributed by atoms with E-state index >= 15 is 0 Å². The molecule has 5 heteroatoms. The van der Waals surface area contributed by atoms with E-state index in [2.05, 4.69) is 17.2 Å². The van der Waals surface area contributed by atoms with Crippen molar-refractivity contribution in [1.29, 1.82) is 0 Å². The molecule has 23 heavy (non-hydrogen) atoms. The van der Waals surface area contributed by atoms with E-state index in [4.69, 9.17) is 0 Å². The highest BCUT2D eigenvalue weighted by atomic mass is 16.4. The van der Waals surface area contributed by atoms with Crippen LogP contribution in [-0.4, -0.2) is 20.7 Å². The van der Waals surface area contributed by atoms with E-state index in [-0.39, 0.29) is 5.56 Å². The highest BCUT2D eigenvalue weighted by molar-refractivity contribution is 6.00. The van der Waals surface area contributed by atoms with Crippen LogP contribution in [0.4, 0.5) is 0 Å². The van der Waals surface area contributed by atoms with Crippen LogP contribution in [0.1, 0.15) is 56.7 Å². The molecule has 0 saturated heterocycles. The summed E-state index contributed by atoms with van der Waals surface area (Å²) in [6, 6.07) is 9.39. The maximum Gasteiger partial charge on any atom is 0.280 e. The van der Waals surface area contributed by atoms with Crippen molar-refractivity contribution in [1.82, 2.24) is 9.78 Å². The Bertz CT molecular complexity index is 699. The first kappa shape index (κ1) is 17.1. The summed E-state index contributed by atoms with van der Waals surface area (Å²) in [6.45, 7) is 4.01. The zero-order chi connectivity index (χ0) is 16.7. The molecule has 124 valence electrons. The average molecular weight is 315 g/mol. The summed E-state index contributed by atoms with van der Waals surface area (Å²) < 4.78 is 1.49. The molecule has 1 aromatic heterocycles. The molecule has 0 radical (unpaired) electrons. The number of hydrogen-bond acceptors (Lipinski definition) is 3. The Kier molecular flexibility index (Phi) is 6.20. The van der Waals surface area contributed by atoms with E-state index in [1.165, 1.54) is 23.9 Å². The summed E-state index contributed by atoms with van der Waals surface area (Å²) in [5, 5.41) is 15.8. The fourth-order valence-electron chi connectivity index (χ4n) is 2.77. The van der Waals surface area contributed by atoms with Gasteiger partial charge in [0, 0.05) is 5.69 Å². The van der Waals surface area contributed by atoms with Crippen molar-refractivity contribution in [2.45, 2.75) is 52.4 Å². The van der Waals surface area contributed by atoms with E-state index in [0.29, 0.717) is 17.7 Å². The number of rotatable bonds is 8. The number of aromatic amines is 1. The molecule has 0 amide bonds. The average Bonchev–Trinajstić information content (AvgIpc) is 2.87. The van der Waals surface area contributed by atoms with Crippen LogP contribution in [0.3, 0.4) is 0 Å². The van der Waals surface area contributed by atoms with Crippen molar-refractivity contribution in [3.8, 4) is 5.69 Å². The topological polar surface area (TPSA) is 70.4 Å². The lowest BCUT2D eigenvalue weighted by atomic mass is 10.0. The van der Waals surface area contributed by atoms with Crippen molar-refractivity contribution < 1.29 is 5.21 Å². The number of hydrogen-bond donors (Lipinski definition) is 2. The zero-order valence-corrected chi connectivity index (χ0v) is 13.9. The first-order chi connectivity index (χ1) is 11.2. The largest absolute Gasteiger partial charge is 0.411 e. The third kappa shape index (κ3) is 4.12. The minimum Gasteiger partial charge on any atom is -0.411 e. The lowest BCUT2D eigenvalue weighted by Crippen LogP contribution is -2.20. The van der Waals surface area contributed by atoms with Crippen LogP contribution < -0.4 is 5.56 Å². The zero-order valence-electron chi connectivity index (χ0n) is 13.9.